The Bertz CT molecular complexity index is 487. The summed E-state index contributed by atoms with van der Waals surface area (Å²) in [7, 11) is 0. The second kappa shape index (κ2) is 6.91. The molecule has 0 aliphatic carbocycles. The lowest BCUT2D eigenvalue weighted by molar-refractivity contribution is -0.948. The fourth-order valence-electron chi connectivity index (χ4n) is 3.81. The predicted molar refractivity (Wildman–Crippen MR) is 88.3 cm³/mol. The Morgan fingerprint density at radius 3 is 1.71 bits per heavy atom. The molecule has 0 radical (unpaired) electrons. The molecule has 0 unspecified atom stereocenters. The molecule has 2 aromatic carbocycles. The molecule has 3 rings (SSSR count). The van der Waals surface area contributed by atoms with Crippen LogP contribution < -0.4 is 4.90 Å². The maximum atomic E-state index is 2.31. The van der Waals surface area contributed by atoms with E-state index >= 15 is 0 Å². The van der Waals surface area contributed by atoms with Gasteiger partial charge in [0, 0.05) is 24.0 Å². The molecule has 21 heavy (non-hydrogen) atoms. The molecule has 1 aliphatic heterocycles. The molecule has 1 heteroatoms. The monoisotopic (exact) mass is 280 g/mol. The normalized spacial score (nSPS) is 22.5. The van der Waals surface area contributed by atoms with Crippen molar-refractivity contribution >= 4 is 0 Å². The van der Waals surface area contributed by atoms with Gasteiger partial charge in [0.2, 0.25) is 0 Å². The maximum absolute atomic E-state index is 2.31. The third kappa shape index (κ3) is 3.19. The first-order valence-corrected chi connectivity index (χ1v) is 8.35. The van der Waals surface area contributed by atoms with Gasteiger partial charge < -0.3 is 4.90 Å². The number of unbranched alkanes of at least 4 members (excludes halogenated alkanes) is 1. The van der Waals surface area contributed by atoms with E-state index in [1.165, 1.54) is 43.4 Å². The molecule has 2 aromatic rings. The van der Waals surface area contributed by atoms with E-state index in [1.807, 2.05) is 0 Å². The molecule has 110 valence electrons. The third-order valence-electron chi connectivity index (χ3n) is 4.86. The molecule has 1 aliphatic rings. The van der Waals surface area contributed by atoms with Crippen LogP contribution in [0, 0.1) is 0 Å². The van der Waals surface area contributed by atoms with E-state index < -0.39 is 0 Å². The highest BCUT2D eigenvalue weighted by Gasteiger charge is 2.38. The van der Waals surface area contributed by atoms with E-state index in [2.05, 4.69) is 67.6 Å². The highest BCUT2D eigenvalue weighted by atomic mass is 15.2. The van der Waals surface area contributed by atoms with Crippen molar-refractivity contribution in [2.24, 2.45) is 0 Å². The van der Waals surface area contributed by atoms with Crippen LogP contribution in [-0.2, 0) is 0 Å². The average Bonchev–Trinajstić information content (AvgIpc) is 2.98. The molecule has 0 aromatic heterocycles. The number of nitrogens with one attached hydrogen (secondary N) is 1. The number of rotatable bonds is 5. The fraction of sp³-hybridized carbons (Fsp3) is 0.400. The Balaban J connectivity index is 1.85. The highest BCUT2D eigenvalue weighted by Crippen LogP contribution is 2.29. The van der Waals surface area contributed by atoms with E-state index in [1.54, 1.807) is 4.90 Å². The second-order valence-corrected chi connectivity index (χ2v) is 6.18. The van der Waals surface area contributed by atoms with Gasteiger partial charge in [-0.3, -0.25) is 0 Å². The molecule has 0 saturated carbocycles. The van der Waals surface area contributed by atoms with Gasteiger partial charge in [-0.1, -0.05) is 74.0 Å². The highest BCUT2D eigenvalue weighted by molar-refractivity contribution is 5.21. The molecule has 1 heterocycles. The average molecular weight is 280 g/mol. The minimum atomic E-state index is 0.669. The lowest BCUT2D eigenvalue weighted by atomic mass is 10.0. The molecule has 0 bridgehead atoms. The van der Waals surface area contributed by atoms with Crippen LogP contribution in [0.4, 0.5) is 0 Å². The summed E-state index contributed by atoms with van der Waals surface area (Å²) in [6, 6.07) is 23.6. The smallest absolute Gasteiger partial charge is 0.114 e. The molecule has 0 amide bonds. The number of benzene rings is 2. The largest absolute Gasteiger partial charge is 0.323 e. The fourth-order valence-corrected chi connectivity index (χ4v) is 3.81. The van der Waals surface area contributed by atoms with Gasteiger partial charge in [-0.25, -0.2) is 0 Å². The van der Waals surface area contributed by atoms with Crippen molar-refractivity contribution in [3.8, 4) is 0 Å². The van der Waals surface area contributed by atoms with Crippen molar-refractivity contribution in [1.29, 1.82) is 0 Å². The van der Waals surface area contributed by atoms with Crippen molar-refractivity contribution in [1.82, 2.24) is 0 Å². The van der Waals surface area contributed by atoms with E-state index in [9.17, 15) is 0 Å². The Morgan fingerprint density at radius 2 is 1.29 bits per heavy atom. The number of hydrogen-bond donors (Lipinski definition) is 1. The van der Waals surface area contributed by atoms with Crippen molar-refractivity contribution in [3.63, 3.8) is 0 Å². The van der Waals surface area contributed by atoms with E-state index in [-0.39, 0.29) is 0 Å². The van der Waals surface area contributed by atoms with Gasteiger partial charge in [-0.05, 0) is 6.42 Å². The van der Waals surface area contributed by atoms with Gasteiger partial charge in [-0.15, -0.1) is 0 Å². The standard InChI is InChI=1S/C20H25N/c1-2-3-16-21-19(17-10-6-4-7-11-17)14-15-20(21)18-12-8-5-9-13-18/h4-13,19-20H,2-3,14-16H2,1H3/p+1/t19-,20-/m0/s1. The Morgan fingerprint density at radius 1 is 0.810 bits per heavy atom. The van der Waals surface area contributed by atoms with Crippen LogP contribution in [0.2, 0.25) is 0 Å². The Hall–Kier alpha value is -1.60. The van der Waals surface area contributed by atoms with Crippen LogP contribution in [0.3, 0.4) is 0 Å². The molecule has 1 fully saturated rings. The summed E-state index contributed by atoms with van der Waals surface area (Å²) in [4.78, 5) is 1.77. The van der Waals surface area contributed by atoms with Crippen LogP contribution in [0.1, 0.15) is 55.8 Å². The van der Waals surface area contributed by atoms with Crippen LogP contribution in [0.15, 0.2) is 60.7 Å². The minimum absolute atomic E-state index is 0.669. The summed E-state index contributed by atoms with van der Waals surface area (Å²) in [5.41, 5.74) is 3.03. The summed E-state index contributed by atoms with van der Waals surface area (Å²) in [6.45, 7) is 3.58. The van der Waals surface area contributed by atoms with Gasteiger partial charge in [0.15, 0.2) is 0 Å². The van der Waals surface area contributed by atoms with Crippen LogP contribution in [-0.4, -0.2) is 6.54 Å². The summed E-state index contributed by atoms with van der Waals surface area (Å²) >= 11 is 0. The first-order valence-electron chi connectivity index (χ1n) is 8.35. The topological polar surface area (TPSA) is 4.44 Å². The first kappa shape index (κ1) is 14.3. The van der Waals surface area contributed by atoms with Crippen molar-refractivity contribution in [2.45, 2.75) is 44.7 Å². The van der Waals surface area contributed by atoms with Gasteiger partial charge in [-0.2, -0.15) is 0 Å². The lowest BCUT2D eigenvalue weighted by Gasteiger charge is -2.28. The van der Waals surface area contributed by atoms with Gasteiger partial charge >= 0.3 is 0 Å². The zero-order valence-corrected chi connectivity index (χ0v) is 13.0. The number of quaternary nitrogens is 1. The molecular formula is C20H26N+. The Labute approximate surface area is 128 Å². The third-order valence-corrected chi connectivity index (χ3v) is 4.86. The SMILES string of the molecule is CCCC[NH+]1[C@H](c2ccccc2)CC[C@H]1c1ccccc1. The first-order chi connectivity index (χ1) is 10.4. The zero-order valence-electron chi connectivity index (χ0n) is 13.0. The lowest BCUT2D eigenvalue weighted by Crippen LogP contribution is -3.10. The van der Waals surface area contributed by atoms with Crippen molar-refractivity contribution in [2.75, 3.05) is 6.54 Å². The van der Waals surface area contributed by atoms with Crippen LogP contribution in [0.5, 0.6) is 0 Å². The molecule has 1 nitrogen and oxygen atoms in total. The van der Waals surface area contributed by atoms with Crippen LogP contribution >= 0.6 is 0 Å². The summed E-state index contributed by atoms with van der Waals surface area (Å²) in [5, 5.41) is 0. The second-order valence-electron chi connectivity index (χ2n) is 6.18. The van der Waals surface area contributed by atoms with E-state index in [0.717, 1.165) is 0 Å². The predicted octanol–water partition coefficient (Wildman–Crippen LogP) is 3.95. The van der Waals surface area contributed by atoms with E-state index in [4.69, 9.17) is 0 Å². The molecule has 1 saturated heterocycles. The molecule has 0 spiro atoms. The molecule has 1 N–H and O–H groups in total. The van der Waals surface area contributed by atoms with Crippen molar-refractivity contribution in [3.05, 3.63) is 71.8 Å². The van der Waals surface area contributed by atoms with E-state index in [0.29, 0.717) is 12.1 Å². The zero-order chi connectivity index (χ0) is 14.5. The number of likely N-dealkylation sites (tertiary alicyclic amines) is 1. The van der Waals surface area contributed by atoms with Gasteiger partial charge in [0.05, 0.1) is 6.54 Å². The summed E-state index contributed by atoms with van der Waals surface area (Å²) in [5.74, 6) is 0. The summed E-state index contributed by atoms with van der Waals surface area (Å²) < 4.78 is 0. The Kier molecular flexibility index (Phi) is 4.72. The number of hydrogen-bond acceptors (Lipinski definition) is 0. The minimum Gasteiger partial charge on any atom is -0.323 e. The van der Waals surface area contributed by atoms with Crippen LogP contribution in [0.25, 0.3) is 0 Å². The molecule has 2 atom stereocenters. The van der Waals surface area contributed by atoms with Gasteiger partial charge in [0.1, 0.15) is 12.1 Å². The summed E-state index contributed by atoms with van der Waals surface area (Å²) in [6.07, 6.45) is 5.22. The quantitative estimate of drug-likeness (QED) is 0.846. The van der Waals surface area contributed by atoms with Gasteiger partial charge in [0.25, 0.3) is 0 Å². The molecular weight excluding hydrogens is 254 g/mol. The maximum Gasteiger partial charge on any atom is 0.114 e. The van der Waals surface area contributed by atoms with Crippen molar-refractivity contribution < 1.29 is 4.90 Å².